The second kappa shape index (κ2) is 5.30. The number of ether oxygens (including phenoxy) is 1. The highest BCUT2D eigenvalue weighted by Crippen LogP contribution is 2.16. The van der Waals surface area contributed by atoms with E-state index in [4.69, 9.17) is 9.84 Å². The molecule has 5 nitrogen and oxygen atoms in total. The standard InChI is InChI=1S/C11H19NO4/c1-11(2,10(14)15)7-12-9(13)6-8-4-3-5-16-8/h8H,3-7H2,1-2H3,(H,12,13)(H,14,15). The quantitative estimate of drug-likeness (QED) is 0.730. The van der Waals surface area contributed by atoms with Crippen molar-refractivity contribution in [2.24, 2.45) is 5.41 Å². The van der Waals surface area contributed by atoms with Gasteiger partial charge in [-0.15, -0.1) is 0 Å². The average Bonchev–Trinajstić information content (AvgIpc) is 2.67. The van der Waals surface area contributed by atoms with Crippen LogP contribution in [0.25, 0.3) is 0 Å². The molecule has 0 aromatic heterocycles. The van der Waals surface area contributed by atoms with Crippen LogP contribution < -0.4 is 5.32 Å². The maximum atomic E-state index is 11.5. The number of carbonyl (C=O) groups is 2. The highest BCUT2D eigenvalue weighted by molar-refractivity contribution is 5.78. The van der Waals surface area contributed by atoms with E-state index in [1.165, 1.54) is 0 Å². The summed E-state index contributed by atoms with van der Waals surface area (Å²) in [6, 6.07) is 0. The van der Waals surface area contributed by atoms with E-state index in [1.54, 1.807) is 13.8 Å². The minimum atomic E-state index is -0.924. The Bertz CT molecular complexity index is 269. The fourth-order valence-electron chi connectivity index (χ4n) is 1.48. The van der Waals surface area contributed by atoms with Crippen LogP contribution >= 0.6 is 0 Å². The summed E-state index contributed by atoms with van der Waals surface area (Å²) in [5, 5.41) is 11.5. The second-order valence-corrected chi connectivity index (χ2v) is 4.80. The molecule has 0 bridgehead atoms. The summed E-state index contributed by atoms with van der Waals surface area (Å²) in [7, 11) is 0. The fraction of sp³-hybridized carbons (Fsp3) is 0.818. The van der Waals surface area contributed by atoms with Crippen LogP contribution in [0.2, 0.25) is 0 Å². The Kier molecular flexibility index (Phi) is 4.29. The lowest BCUT2D eigenvalue weighted by atomic mass is 9.94. The van der Waals surface area contributed by atoms with Gasteiger partial charge in [-0.1, -0.05) is 0 Å². The molecular formula is C11H19NO4. The second-order valence-electron chi connectivity index (χ2n) is 4.80. The molecule has 2 N–H and O–H groups in total. The topological polar surface area (TPSA) is 75.6 Å². The summed E-state index contributed by atoms with van der Waals surface area (Å²) in [5.74, 6) is -1.05. The molecule has 5 heteroatoms. The van der Waals surface area contributed by atoms with Gasteiger partial charge >= 0.3 is 5.97 Å². The molecule has 1 unspecified atom stereocenters. The van der Waals surface area contributed by atoms with Crippen LogP contribution in [0.3, 0.4) is 0 Å². The average molecular weight is 229 g/mol. The van der Waals surface area contributed by atoms with E-state index >= 15 is 0 Å². The van der Waals surface area contributed by atoms with Crippen molar-refractivity contribution >= 4 is 11.9 Å². The van der Waals surface area contributed by atoms with E-state index in [1.807, 2.05) is 0 Å². The monoisotopic (exact) mass is 229 g/mol. The molecule has 0 radical (unpaired) electrons. The molecule has 16 heavy (non-hydrogen) atoms. The third-order valence-corrected chi connectivity index (χ3v) is 2.74. The highest BCUT2D eigenvalue weighted by atomic mass is 16.5. The van der Waals surface area contributed by atoms with Crippen molar-refractivity contribution in [3.05, 3.63) is 0 Å². The Morgan fingerprint density at radius 2 is 2.19 bits per heavy atom. The van der Waals surface area contributed by atoms with Crippen LogP contribution in [0.15, 0.2) is 0 Å². The fourth-order valence-corrected chi connectivity index (χ4v) is 1.48. The zero-order valence-electron chi connectivity index (χ0n) is 9.78. The van der Waals surface area contributed by atoms with Crippen LogP contribution in [0.1, 0.15) is 33.1 Å². The van der Waals surface area contributed by atoms with Crippen LogP contribution in [-0.2, 0) is 14.3 Å². The molecular weight excluding hydrogens is 210 g/mol. The summed E-state index contributed by atoms with van der Waals surface area (Å²) < 4.78 is 5.33. The molecule has 0 aromatic carbocycles. The number of aliphatic carboxylic acids is 1. The van der Waals surface area contributed by atoms with Gasteiger partial charge in [0.15, 0.2) is 0 Å². The van der Waals surface area contributed by atoms with E-state index in [0.29, 0.717) is 6.42 Å². The van der Waals surface area contributed by atoms with Crippen LogP contribution in [0.4, 0.5) is 0 Å². The smallest absolute Gasteiger partial charge is 0.310 e. The molecule has 1 saturated heterocycles. The number of nitrogens with one attached hydrogen (secondary N) is 1. The molecule has 1 fully saturated rings. The third kappa shape index (κ3) is 3.81. The number of hydrogen-bond acceptors (Lipinski definition) is 3. The summed E-state index contributed by atoms with van der Waals surface area (Å²) in [6.45, 7) is 4.04. The lowest BCUT2D eigenvalue weighted by Gasteiger charge is -2.20. The van der Waals surface area contributed by atoms with Gasteiger partial charge in [-0.05, 0) is 26.7 Å². The molecule has 0 spiro atoms. The minimum Gasteiger partial charge on any atom is -0.481 e. The molecule has 0 aliphatic carbocycles. The summed E-state index contributed by atoms with van der Waals surface area (Å²) >= 11 is 0. The van der Waals surface area contributed by atoms with Crippen molar-refractivity contribution in [2.75, 3.05) is 13.2 Å². The first kappa shape index (κ1) is 13.0. The van der Waals surface area contributed by atoms with Gasteiger partial charge < -0.3 is 15.2 Å². The van der Waals surface area contributed by atoms with Crippen molar-refractivity contribution in [3.63, 3.8) is 0 Å². The third-order valence-electron chi connectivity index (χ3n) is 2.74. The Hall–Kier alpha value is -1.10. The van der Waals surface area contributed by atoms with Crippen LogP contribution in [-0.4, -0.2) is 36.2 Å². The molecule has 92 valence electrons. The van der Waals surface area contributed by atoms with E-state index in [9.17, 15) is 9.59 Å². The molecule has 1 aliphatic rings. The van der Waals surface area contributed by atoms with Gasteiger partial charge in [-0.25, -0.2) is 0 Å². The first-order valence-corrected chi connectivity index (χ1v) is 5.53. The summed E-state index contributed by atoms with van der Waals surface area (Å²) in [6.07, 6.45) is 2.25. The van der Waals surface area contributed by atoms with Crippen molar-refractivity contribution in [3.8, 4) is 0 Å². The number of rotatable bonds is 5. The Morgan fingerprint density at radius 3 is 2.69 bits per heavy atom. The SMILES string of the molecule is CC(C)(CNC(=O)CC1CCCO1)C(=O)O. The van der Waals surface area contributed by atoms with E-state index in [-0.39, 0.29) is 18.6 Å². The zero-order valence-corrected chi connectivity index (χ0v) is 9.78. The Morgan fingerprint density at radius 1 is 1.50 bits per heavy atom. The van der Waals surface area contributed by atoms with Crippen molar-refractivity contribution in [1.82, 2.24) is 5.32 Å². The minimum absolute atomic E-state index is 0.00735. The Labute approximate surface area is 95.2 Å². The molecule has 0 aromatic rings. The zero-order chi connectivity index (χ0) is 12.2. The maximum absolute atomic E-state index is 11.5. The Balaban J connectivity index is 2.26. The first-order chi connectivity index (χ1) is 7.42. The van der Waals surface area contributed by atoms with Crippen LogP contribution in [0.5, 0.6) is 0 Å². The number of amides is 1. The van der Waals surface area contributed by atoms with Gasteiger partial charge in [-0.3, -0.25) is 9.59 Å². The summed E-state index contributed by atoms with van der Waals surface area (Å²) in [4.78, 5) is 22.3. The number of carboxylic acids is 1. The van der Waals surface area contributed by atoms with E-state index < -0.39 is 11.4 Å². The van der Waals surface area contributed by atoms with Crippen molar-refractivity contribution < 1.29 is 19.4 Å². The van der Waals surface area contributed by atoms with Gasteiger partial charge in [0.1, 0.15) is 0 Å². The van der Waals surface area contributed by atoms with Crippen molar-refractivity contribution in [2.45, 2.75) is 39.2 Å². The molecule has 0 saturated carbocycles. The first-order valence-electron chi connectivity index (χ1n) is 5.53. The van der Waals surface area contributed by atoms with Gasteiger partial charge in [0.2, 0.25) is 5.91 Å². The maximum Gasteiger partial charge on any atom is 0.310 e. The number of hydrogen-bond donors (Lipinski definition) is 2. The van der Waals surface area contributed by atoms with Crippen LogP contribution in [0, 0.1) is 5.41 Å². The lowest BCUT2D eigenvalue weighted by Crippen LogP contribution is -2.39. The largest absolute Gasteiger partial charge is 0.481 e. The molecule has 1 rings (SSSR count). The molecule has 1 atom stereocenters. The summed E-state index contributed by atoms with van der Waals surface area (Å²) in [5.41, 5.74) is -0.924. The van der Waals surface area contributed by atoms with Gasteiger partial charge in [0.25, 0.3) is 0 Å². The predicted molar refractivity (Wildman–Crippen MR) is 58.0 cm³/mol. The predicted octanol–water partition coefficient (Wildman–Crippen LogP) is 0.782. The normalized spacial score (nSPS) is 20.8. The van der Waals surface area contributed by atoms with E-state index in [2.05, 4.69) is 5.32 Å². The van der Waals surface area contributed by atoms with Gasteiger partial charge in [-0.2, -0.15) is 0 Å². The van der Waals surface area contributed by atoms with E-state index in [0.717, 1.165) is 19.4 Å². The number of carbonyl (C=O) groups excluding carboxylic acids is 1. The van der Waals surface area contributed by atoms with Gasteiger partial charge in [0, 0.05) is 13.2 Å². The number of carboxylic acid groups (broad SMARTS) is 1. The van der Waals surface area contributed by atoms with Gasteiger partial charge in [0.05, 0.1) is 17.9 Å². The molecule has 1 amide bonds. The molecule has 1 aliphatic heterocycles. The molecule has 1 heterocycles. The lowest BCUT2D eigenvalue weighted by molar-refractivity contribution is -0.146. The van der Waals surface area contributed by atoms with Crippen molar-refractivity contribution in [1.29, 1.82) is 0 Å². The highest BCUT2D eigenvalue weighted by Gasteiger charge is 2.28.